The average Bonchev–Trinajstić information content (AvgIpc) is 2.18. The molecule has 0 aliphatic carbocycles. The Labute approximate surface area is 88.6 Å². The molecule has 1 aromatic heterocycles. The highest BCUT2D eigenvalue weighted by Crippen LogP contribution is 2.11. The first kappa shape index (κ1) is 10.9. The van der Waals surface area contributed by atoms with Gasteiger partial charge in [-0.3, -0.25) is 4.79 Å². The van der Waals surface area contributed by atoms with Crippen molar-refractivity contribution < 1.29 is 4.79 Å². The minimum Gasteiger partial charge on any atom is -0.294 e. The lowest BCUT2D eigenvalue weighted by molar-refractivity contribution is 0.0992. The molecule has 0 bridgehead atoms. The molecule has 0 aromatic carbocycles. The molecular weight excluding hydrogens is 198 g/mol. The fraction of sp³-hybridized carbons (Fsp3) is 0.273. The van der Waals surface area contributed by atoms with Gasteiger partial charge in [0, 0.05) is 18.2 Å². The first-order valence-electron chi connectivity index (χ1n) is 4.45. The molecule has 1 heterocycles. The Balaban J connectivity index is 2.70. The van der Waals surface area contributed by atoms with Gasteiger partial charge in [-0.05, 0) is 18.6 Å². The number of halogens is 1. The Morgan fingerprint density at radius 3 is 2.79 bits per heavy atom. The molecule has 14 heavy (non-hydrogen) atoms. The van der Waals surface area contributed by atoms with E-state index in [-0.39, 0.29) is 5.78 Å². The molecule has 0 radical (unpaired) electrons. The predicted octanol–water partition coefficient (Wildman–Crippen LogP) is 3.27. The number of carbonyl (C=O) groups excluding carboxylic acids is 1. The summed E-state index contributed by atoms with van der Waals surface area (Å²) in [5.74, 6) is 0.0426. The molecule has 3 heteroatoms. The molecule has 0 amide bonds. The van der Waals surface area contributed by atoms with Crippen LogP contribution in [0.2, 0.25) is 5.15 Å². The quantitative estimate of drug-likeness (QED) is 0.433. The molecule has 0 unspecified atom stereocenters. The summed E-state index contributed by atoms with van der Waals surface area (Å²) < 4.78 is 0. The summed E-state index contributed by atoms with van der Waals surface area (Å²) in [5, 5.41) is 0.399. The van der Waals surface area contributed by atoms with Crippen molar-refractivity contribution in [2.75, 3.05) is 0 Å². The van der Waals surface area contributed by atoms with E-state index in [1.807, 2.05) is 6.92 Å². The summed E-state index contributed by atoms with van der Waals surface area (Å²) in [6.07, 6.45) is 2.71. The lowest BCUT2D eigenvalue weighted by atomic mass is 10.0. The van der Waals surface area contributed by atoms with Crippen LogP contribution in [0, 0.1) is 0 Å². The van der Waals surface area contributed by atoms with Crippen molar-refractivity contribution in [2.45, 2.75) is 19.8 Å². The van der Waals surface area contributed by atoms with Gasteiger partial charge >= 0.3 is 0 Å². The van der Waals surface area contributed by atoms with Crippen LogP contribution in [-0.4, -0.2) is 10.8 Å². The average molecular weight is 210 g/mol. The molecular formula is C11H12ClNO. The number of ketones is 1. The predicted molar refractivity (Wildman–Crippen MR) is 57.6 cm³/mol. The van der Waals surface area contributed by atoms with Crippen LogP contribution in [0.25, 0.3) is 0 Å². The number of Topliss-reactive ketones (excluding diaryl/α,β-unsaturated/α-hetero) is 1. The number of pyridine rings is 1. The number of rotatable bonds is 4. The maximum absolute atomic E-state index is 11.6. The van der Waals surface area contributed by atoms with E-state index in [0.29, 0.717) is 17.1 Å². The van der Waals surface area contributed by atoms with Crippen LogP contribution < -0.4 is 0 Å². The number of hydrogen-bond donors (Lipinski definition) is 0. The van der Waals surface area contributed by atoms with E-state index in [1.165, 1.54) is 6.20 Å². The van der Waals surface area contributed by atoms with E-state index in [9.17, 15) is 4.79 Å². The second kappa shape index (κ2) is 4.91. The number of nitrogens with zero attached hydrogens (tertiary/aromatic N) is 1. The summed E-state index contributed by atoms with van der Waals surface area (Å²) in [6, 6.07) is 3.30. The topological polar surface area (TPSA) is 30.0 Å². The normalized spacial score (nSPS) is 9.86. The van der Waals surface area contributed by atoms with Crippen molar-refractivity contribution in [1.29, 1.82) is 0 Å². The molecule has 1 aromatic rings. The van der Waals surface area contributed by atoms with Crippen LogP contribution in [0.3, 0.4) is 0 Å². The molecule has 2 nitrogen and oxygen atoms in total. The fourth-order valence-electron chi connectivity index (χ4n) is 0.995. The molecule has 0 saturated heterocycles. The third-order valence-corrected chi connectivity index (χ3v) is 2.18. The minimum absolute atomic E-state index is 0.0426. The van der Waals surface area contributed by atoms with Crippen LogP contribution in [-0.2, 0) is 0 Å². The lowest BCUT2D eigenvalue weighted by Gasteiger charge is -2.01. The molecule has 0 saturated carbocycles. The van der Waals surface area contributed by atoms with Crippen LogP contribution in [0.1, 0.15) is 30.1 Å². The number of aromatic nitrogens is 1. The van der Waals surface area contributed by atoms with Crippen molar-refractivity contribution in [3.8, 4) is 0 Å². The fourth-order valence-corrected chi connectivity index (χ4v) is 1.11. The van der Waals surface area contributed by atoms with Gasteiger partial charge in [-0.1, -0.05) is 30.7 Å². The summed E-state index contributed by atoms with van der Waals surface area (Å²) in [6.45, 7) is 5.77. The van der Waals surface area contributed by atoms with E-state index >= 15 is 0 Å². The van der Waals surface area contributed by atoms with Crippen molar-refractivity contribution in [3.05, 3.63) is 41.2 Å². The van der Waals surface area contributed by atoms with E-state index < -0.39 is 0 Å². The van der Waals surface area contributed by atoms with Crippen molar-refractivity contribution >= 4 is 17.4 Å². The highest BCUT2D eigenvalue weighted by atomic mass is 35.5. The van der Waals surface area contributed by atoms with E-state index in [4.69, 9.17) is 11.6 Å². The molecule has 0 aliphatic heterocycles. The number of carbonyl (C=O) groups is 1. The Morgan fingerprint density at radius 2 is 2.29 bits per heavy atom. The largest absolute Gasteiger partial charge is 0.294 e. The summed E-state index contributed by atoms with van der Waals surface area (Å²) in [7, 11) is 0. The SMILES string of the molecule is C=C(CC)CC(=O)c1ccc(Cl)nc1. The summed E-state index contributed by atoms with van der Waals surface area (Å²) in [5.41, 5.74) is 1.52. The standard InChI is InChI=1S/C11H12ClNO/c1-3-8(2)6-10(14)9-4-5-11(12)13-7-9/h4-5,7H,2-3,6H2,1H3. The van der Waals surface area contributed by atoms with Gasteiger partial charge < -0.3 is 0 Å². The Bertz CT molecular complexity index is 343. The summed E-state index contributed by atoms with van der Waals surface area (Å²) >= 11 is 5.61. The monoisotopic (exact) mass is 209 g/mol. The van der Waals surface area contributed by atoms with Gasteiger partial charge in [0.15, 0.2) is 5.78 Å². The van der Waals surface area contributed by atoms with Gasteiger partial charge in [0.2, 0.25) is 0 Å². The summed E-state index contributed by atoms with van der Waals surface area (Å²) in [4.78, 5) is 15.4. The highest BCUT2D eigenvalue weighted by Gasteiger charge is 2.06. The molecule has 0 fully saturated rings. The third kappa shape index (κ3) is 2.96. The van der Waals surface area contributed by atoms with E-state index in [1.54, 1.807) is 12.1 Å². The highest BCUT2D eigenvalue weighted by molar-refractivity contribution is 6.29. The second-order valence-corrected chi connectivity index (χ2v) is 3.46. The molecule has 0 aliphatic rings. The number of hydrogen-bond acceptors (Lipinski definition) is 2. The smallest absolute Gasteiger partial charge is 0.168 e. The third-order valence-electron chi connectivity index (χ3n) is 1.96. The molecule has 0 atom stereocenters. The zero-order chi connectivity index (χ0) is 10.6. The van der Waals surface area contributed by atoms with Crippen molar-refractivity contribution in [1.82, 2.24) is 4.98 Å². The molecule has 0 N–H and O–H groups in total. The van der Waals surface area contributed by atoms with E-state index in [0.717, 1.165) is 12.0 Å². The van der Waals surface area contributed by atoms with Gasteiger partial charge in [-0.2, -0.15) is 0 Å². The van der Waals surface area contributed by atoms with Crippen molar-refractivity contribution in [2.24, 2.45) is 0 Å². The Morgan fingerprint density at radius 1 is 1.57 bits per heavy atom. The number of allylic oxidation sites excluding steroid dienone is 1. The Hall–Kier alpha value is -1.15. The first-order valence-corrected chi connectivity index (χ1v) is 4.82. The van der Waals surface area contributed by atoms with Crippen molar-refractivity contribution in [3.63, 3.8) is 0 Å². The van der Waals surface area contributed by atoms with Gasteiger partial charge in [-0.25, -0.2) is 4.98 Å². The molecule has 1 rings (SSSR count). The van der Waals surface area contributed by atoms with Gasteiger partial charge in [-0.15, -0.1) is 0 Å². The zero-order valence-corrected chi connectivity index (χ0v) is 8.84. The first-order chi connectivity index (χ1) is 6.63. The second-order valence-electron chi connectivity index (χ2n) is 3.07. The molecule has 74 valence electrons. The van der Waals surface area contributed by atoms with Crippen LogP contribution in [0.4, 0.5) is 0 Å². The molecule has 0 spiro atoms. The maximum atomic E-state index is 11.6. The lowest BCUT2D eigenvalue weighted by Crippen LogP contribution is -2.00. The van der Waals surface area contributed by atoms with Gasteiger partial charge in [0.25, 0.3) is 0 Å². The zero-order valence-electron chi connectivity index (χ0n) is 8.09. The minimum atomic E-state index is 0.0426. The van der Waals surface area contributed by atoms with Gasteiger partial charge in [0.05, 0.1) is 0 Å². The van der Waals surface area contributed by atoms with Crippen LogP contribution in [0.5, 0.6) is 0 Å². The maximum Gasteiger partial charge on any atom is 0.168 e. The van der Waals surface area contributed by atoms with Crippen LogP contribution in [0.15, 0.2) is 30.5 Å². The van der Waals surface area contributed by atoms with Gasteiger partial charge in [0.1, 0.15) is 5.15 Å². The van der Waals surface area contributed by atoms with Crippen LogP contribution >= 0.6 is 11.6 Å². The van der Waals surface area contributed by atoms with E-state index in [2.05, 4.69) is 11.6 Å². The Kier molecular flexibility index (Phi) is 3.84.